The van der Waals surface area contributed by atoms with Crippen molar-refractivity contribution in [2.24, 2.45) is 0 Å². The molecule has 0 aliphatic rings. The predicted octanol–water partition coefficient (Wildman–Crippen LogP) is 2.05. The lowest BCUT2D eigenvalue weighted by Crippen LogP contribution is -2.14. The Morgan fingerprint density at radius 1 is 1.60 bits per heavy atom. The molecule has 1 unspecified atom stereocenters. The minimum atomic E-state index is -4.45. The van der Waals surface area contributed by atoms with Gasteiger partial charge in [0.15, 0.2) is 0 Å². The van der Waals surface area contributed by atoms with Crippen molar-refractivity contribution >= 4 is 11.6 Å². The molecule has 0 aromatic carbocycles. The van der Waals surface area contributed by atoms with Gasteiger partial charge < -0.3 is 5.11 Å². The fourth-order valence-corrected chi connectivity index (χ4v) is 0.505. The van der Waals surface area contributed by atoms with E-state index in [2.05, 4.69) is 6.58 Å². The van der Waals surface area contributed by atoms with Crippen molar-refractivity contribution in [3.8, 4) is 0 Å². The van der Waals surface area contributed by atoms with E-state index in [9.17, 15) is 13.2 Å². The second-order valence-corrected chi connectivity index (χ2v) is 2.24. The Kier molecular flexibility index (Phi) is 3.18. The summed E-state index contributed by atoms with van der Waals surface area (Å²) in [6, 6.07) is 0. The molecule has 0 saturated heterocycles. The van der Waals surface area contributed by atoms with Crippen molar-refractivity contribution in [1.82, 2.24) is 0 Å². The van der Waals surface area contributed by atoms with E-state index in [0.29, 0.717) is 0 Å². The molecule has 60 valence electrons. The third kappa shape index (κ3) is 3.74. The Morgan fingerprint density at radius 2 is 2.00 bits per heavy atom. The number of aliphatic hydroxyl groups excluding tert-OH is 1. The van der Waals surface area contributed by atoms with Gasteiger partial charge in [0.2, 0.25) is 0 Å². The fourth-order valence-electron chi connectivity index (χ4n) is 0.319. The predicted molar refractivity (Wildman–Crippen MR) is 31.7 cm³/mol. The van der Waals surface area contributed by atoms with Gasteiger partial charge in [-0.1, -0.05) is 18.2 Å². The van der Waals surface area contributed by atoms with Gasteiger partial charge in [-0.25, -0.2) is 0 Å². The molecule has 0 aliphatic heterocycles. The summed E-state index contributed by atoms with van der Waals surface area (Å²) in [5, 5.41) is 8.29. The quantitative estimate of drug-likeness (QED) is 0.502. The first-order valence-electron chi connectivity index (χ1n) is 2.41. The molecule has 1 nitrogen and oxygen atoms in total. The van der Waals surface area contributed by atoms with Gasteiger partial charge in [-0.15, -0.1) is 0 Å². The number of hydrogen-bond acceptors (Lipinski definition) is 1. The molecule has 10 heavy (non-hydrogen) atoms. The number of halogens is 4. The third-order valence-corrected chi connectivity index (χ3v) is 0.970. The maximum atomic E-state index is 11.5. The smallest absolute Gasteiger partial charge is 0.377 e. The van der Waals surface area contributed by atoms with Gasteiger partial charge in [0.05, 0.1) is 0 Å². The summed E-state index contributed by atoms with van der Waals surface area (Å²) in [7, 11) is 0. The van der Waals surface area contributed by atoms with Crippen LogP contribution in [0.5, 0.6) is 0 Å². The largest absolute Gasteiger partial charge is 0.412 e. The molecule has 5 heteroatoms. The summed E-state index contributed by atoms with van der Waals surface area (Å²) in [5.74, 6) is 0. The average Bonchev–Trinajstić information content (AvgIpc) is 1.60. The topological polar surface area (TPSA) is 20.2 Å². The Morgan fingerprint density at radius 3 is 2.10 bits per heavy atom. The lowest BCUT2D eigenvalue weighted by Gasteiger charge is -2.09. The molecule has 0 aliphatic carbocycles. The highest BCUT2D eigenvalue weighted by Crippen LogP contribution is 2.27. The Hall–Kier alpha value is -0.220. The molecule has 0 fully saturated rings. The molecule has 0 aromatic heterocycles. The van der Waals surface area contributed by atoms with Gasteiger partial charge in [0.25, 0.3) is 0 Å². The van der Waals surface area contributed by atoms with E-state index in [0.717, 1.165) is 0 Å². The third-order valence-electron chi connectivity index (χ3n) is 0.816. The lowest BCUT2D eigenvalue weighted by atomic mass is 10.2. The van der Waals surface area contributed by atoms with Crippen LogP contribution < -0.4 is 0 Å². The molecule has 1 atom stereocenters. The van der Waals surface area contributed by atoms with E-state index in [1.54, 1.807) is 0 Å². The zero-order valence-electron chi connectivity index (χ0n) is 4.95. The van der Waals surface area contributed by atoms with Crippen molar-refractivity contribution in [3.05, 3.63) is 12.2 Å². The Labute approximate surface area is 61.1 Å². The molecule has 0 heterocycles. The van der Waals surface area contributed by atoms with E-state index >= 15 is 0 Å². The molecular formula is C5H6ClF3O. The van der Waals surface area contributed by atoms with Crippen molar-refractivity contribution in [1.29, 1.82) is 0 Å². The minimum Gasteiger partial charge on any atom is -0.377 e. The van der Waals surface area contributed by atoms with Crippen LogP contribution in [0.3, 0.4) is 0 Å². The van der Waals surface area contributed by atoms with Gasteiger partial charge in [-0.3, -0.25) is 0 Å². The summed E-state index contributed by atoms with van der Waals surface area (Å²) >= 11 is 4.87. The first-order valence-corrected chi connectivity index (χ1v) is 2.85. The fraction of sp³-hybridized carbons (Fsp3) is 0.600. The van der Waals surface area contributed by atoms with Crippen LogP contribution in [-0.4, -0.2) is 16.8 Å². The lowest BCUT2D eigenvalue weighted by molar-refractivity contribution is -0.0952. The molecule has 0 bridgehead atoms. The molecule has 0 spiro atoms. The summed E-state index contributed by atoms with van der Waals surface area (Å²) in [6.07, 6.45) is -5.10. The molecule has 0 amide bonds. The van der Waals surface area contributed by atoms with E-state index in [-0.39, 0.29) is 0 Å². The summed E-state index contributed by atoms with van der Waals surface area (Å²) in [4.78, 5) is 0. The first kappa shape index (κ1) is 9.78. The average molecular weight is 175 g/mol. The maximum absolute atomic E-state index is 11.5. The number of hydrogen-bond donors (Lipinski definition) is 1. The summed E-state index contributed by atoms with van der Waals surface area (Å²) in [5.41, 5.74) is -2.52. The standard InChI is InChI=1S/C5H6ClF3O/c1-3(2-4(6)10)5(7,8)9/h4,10H,1-2H2. The molecular weight excluding hydrogens is 169 g/mol. The van der Waals surface area contributed by atoms with Crippen LogP contribution in [0, 0.1) is 0 Å². The molecule has 0 saturated carbocycles. The van der Waals surface area contributed by atoms with Crippen molar-refractivity contribution < 1.29 is 18.3 Å². The first-order chi connectivity index (χ1) is 4.34. The van der Waals surface area contributed by atoms with Crippen LogP contribution in [-0.2, 0) is 0 Å². The number of alkyl halides is 4. The summed E-state index contributed by atoms with van der Waals surface area (Å²) < 4.78 is 34.6. The zero-order valence-corrected chi connectivity index (χ0v) is 5.71. The van der Waals surface area contributed by atoms with Crippen LogP contribution in [0.4, 0.5) is 13.2 Å². The highest BCUT2D eigenvalue weighted by atomic mass is 35.5. The van der Waals surface area contributed by atoms with Gasteiger partial charge in [-0.2, -0.15) is 13.2 Å². The van der Waals surface area contributed by atoms with Gasteiger partial charge in [-0.05, 0) is 0 Å². The van der Waals surface area contributed by atoms with Gasteiger partial charge >= 0.3 is 6.18 Å². The van der Waals surface area contributed by atoms with Crippen molar-refractivity contribution in [2.75, 3.05) is 0 Å². The minimum absolute atomic E-state index is 0.648. The Balaban J connectivity index is 3.87. The van der Waals surface area contributed by atoms with Crippen LogP contribution in [0.2, 0.25) is 0 Å². The van der Waals surface area contributed by atoms with Crippen LogP contribution >= 0.6 is 11.6 Å². The van der Waals surface area contributed by atoms with Gasteiger partial charge in [0, 0.05) is 12.0 Å². The molecule has 0 radical (unpaired) electrons. The van der Waals surface area contributed by atoms with Crippen LogP contribution in [0.1, 0.15) is 6.42 Å². The highest BCUT2D eigenvalue weighted by molar-refractivity contribution is 6.19. The SMILES string of the molecule is C=C(CC(O)Cl)C(F)(F)F. The van der Waals surface area contributed by atoms with Crippen molar-refractivity contribution in [2.45, 2.75) is 18.2 Å². The van der Waals surface area contributed by atoms with E-state index < -0.39 is 23.7 Å². The summed E-state index contributed by atoms with van der Waals surface area (Å²) in [6.45, 7) is 2.70. The Bertz CT molecular complexity index is 129. The molecule has 0 aromatic rings. The molecule has 0 rings (SSSR count). The number of rotatable bonds is 2. The number of aliphatic hydroxyl groups is 1. The molecule has 1 N–H and O–H groups in total. The second-order valence-electron chi connectivity index (χ2n) is 1.74. The van der Waals surface area contributed by atoms with E-state index in [1.807, 2.05) is 0 Å². The maximum Gasteiger partial charge on any atom is 0.412 e. The second kappa shape index (κ2) is 3.25. The van der Waals surface area contributed by atoms with Crippen LogP contribution in [0.15, 0.2) is 12.2 Å². The van der Waals surface area contributed by atoms with Crippen molar-refractivity contribution in [3.63, 3.8) is 0 Å². The highest BCUT2D eigenvalue weighted by Gasteiger charge is 2.32. The van der Waals surface area contributed by atoms with E-state index in [4.69, 9.17) is 16.7 Å². The van der Waals surface area contributed by atoms with Crippen LogP contribution in [0.25, 0.3) is 0 Å². The van der Waals surface area contributed by atoms with E-state index in [1.165, 1.54) is 0 Å². The normalized spacial score (nSPS) is 14.9. The van der Waals surface area contributed by atoms with Gasteiger partial charge in [0.1, 0.15) is 5.56 Å². The zero-order chi connectivity index (χ0) is 8.36. The monoisotopic (exact) mass is 174 g/mol.